The molecule has 3 atom stereocenters. The van der Waals surface area contributed by atoms with E-state index in [1.54, 1.807) is 12.3 Å². The molecule has 5 heteroatoms. The molecule has 0 radical (unpaired) electrons. The molecular formula is C13H19FN2S2. The van der Waals surface area contributed by atoms with Crippen LogP contribution in [-0.2, 0) is 0 Å². The van der Waals surface area contributed by atoms with Gasteiger partial charge in [0.15, 0.2) is 0 Å². The van der Waals surface area contributed by atoms with Crippen LogP contribution in [0, 0.1) is 5.82 Å². The zero-order chi connectivity index (χ0) is 13.0. The summed E-state index contributed by atoms with van der Waals surface area (Å²) in [4.78, 5) is 3.97. The lowest BCUT2D eigenvalue weighted by molar-refractivity contribution is 0.534. The Bertz CT molecular complexity index is 389. The van der Waals surface area contributed by atoms with Crippen molar-refractivity contribution in [3.05, 3.63) is 29.8 Å². The number of hydrogen-bond donors (Lipinski definition) is 1. The van der Waals surface area contributed by atoms with Gasteiger partial charge in [0.05, 0.1) is 6.20 Å². The minimum Gasteiger partial charge on any atom is -0.312 e. The average molecular weight is 286 g/mol. The van der Waals surface area contributed by atoms with Gasteiger partial charge in [0.25, 0.3) is 0 Å². The van der Waals surface area contributed by atoms with Crippen LogP contribution in [0.25, 0.3) is 0 Å². The maximum atomic E-state index is 13.3. The number of aromatic nitrogens is 1. The van der Waals surface area contributed by atoms with Gasteiger partial charge in [0, 0.05) is 34.2 Å². The second-order valence-electron chi connectivity index (χ2n) is 4.36. The van der Waals surface area contributed by atoms with Crippen molar-refractivity contribution >= 4 is 23.5 Å². The molecule has 0 bridgehead atoms. The van der Waals surface area contributed by atoms with E-state index in [-0.39, 0.29) is 11.9 Å². The average Bonchev–Trinajstić information content (AvgIpc) is 2.40. The van der Waals surface area contributed by atoms with Crippen molar-refractivity contribution in [2.24, 2.45) is 0 Å². The van der Waals surface area contributed by atoms with Gasteiger partial charge in [0.1, 0.15) is 5.82 Å². The van der Waals surface area contributed by atoms with Crippen LogP contribution in [0.3, 0.4) is 0 Å². The van der Waals surface area contributed by atoms with Gasteiger partial charge >= 0.3 is 0 Å². The van der Waals surface area contributed by atoms with E-state index < -0.39 is 0 Å². The summed E-state index contributed by atoms with van der Waals surface area (Å²) in [6.45, 7) is 2.23. The van der Waals surface area contributed by atoms with E-state index in [9.17, 15) is 4.39 Å². The molecule has 3 unspecified atom stereocenters. The molecule has 1 aliphatic rings. The Morgan fingerprint density at radius 1 is 1.44 bits per heavy atom. The van der Waals surface area contributed by atoms with Gasteiger partial charge in [-0.25, -0.2) is 4.39 Å². The fraction of sp³-hybridized carbons (Fsp3) is 0.615. The Kier molecular flexibility index (Phi) is 5.33. The quantitative estimate of drug-likeness (QED) is 0.919. The van der Waals surface area contributed by atoms with E-state index in [4.69, 9.17) is 0 Å². The van der Waals surface area contributed by atoms with Crippen molar-refractivity contribution in [3.8, 4) is 0 Å². The summed E-state index contributed by atoms with van der Waals surface area (Å²) in [6.07, 6.45) is 4.19. The van der Waals surface area contributed by atoms with E-state index in [0.29, 0.717) is 10.5 Å². The lowest BCUT2D eigenvalue weighted by Crippen LogP contribution is -2.37. The van der Waals surface area contributed by atoms with Gasteiger partial charge in [-0.3, -0.25) is 4.98 Å². The van der Waals surface area contributed by atoms with E-state index in [1.165, 1.54) is 17.7 Å². The lowest BCUT2D eigenvalue weighted by atomic mass is 10.0. The maximum absolute atomic E-state index is 13.3. The monoisotopic (exact) mass is 286 g/mol. The van der Waals surface area contributed by atoms with Gasteiger partial charge in [-0.05, 0) is 25.1 Å². The fourth-order valence-corrected chi connectivity index (χ4v) is 5.66. The molecule has 1 aliphatic heterocycles. The van der Waals surface area contributed by atoms with E-state index in [1.807, 2.05) is 30.6 Å². The third kappa shape index (κ3) is 3.19. The van der Waals surface area contributed by atoms with Crippen LogP contribution in [0.2, 0.25) is 0 Å². The summed E-state index contributed by atoms with van der Waals surface area (Å²) in [5.41, 5.74) is 0.955. The molecule has 100 valence electrons. The molecule has 0 amide bonds. The Morgan fingerprint density at radius 2 is 2.22 bits per heavy atom. The van der Waals surface area contributed by atoms with Crippen LogP contribution in [0.5, 0.6) is 0 Å². The molecule has 1 fully saturated rings. The Morgan fingerprint density at radius 3 is 2.89 bits per heavy atom. The Hall–Kier alpha value is -0.260. The van der Waals surface area contributed by atoms with Crippen LogP contribution in [0.15, 0.2) is 18.5 Å². The van der Waals surface area contributed by atoms with Crippen molar-refractivity contribution in [1.82, 2.24) is 10.3 Å². The van der Waals surface area contributed by atoms with Crippen LogP contribution in [0.1, 0.15) is 24.9 Å². The number of rotatable bonds is 4. The van der Waals surface area contributed by atoms with Gasteiger partial charge in [-0.2, -0.15) is 23.5 Å². The molecule has 0 spiro atoms. The zero-order valence-electron chi connectivity index (χ0n) is 10.7. The number of pyridine rings is 1. The number of nitrogens with one attached hydrogen (secondary N) is 1. The smallest absolute Gasteiger partial charge is 0.141 e. The second kappa shape index (κ2) is 6.78. The van der Waals surface area contributed by atoms with Crippen molar-refractivity contribution in [2.75, 3.05) is 18.6 Å². The summed E-state index contributed by atoms with van der Waals surface area (Å²) in [7, 11) is 1.95. The number of nitrogens with zero attached hydrogens (tertiary/aromatic N) is 1. The highest BCUT2D eigenvalue weighted by molar-refractivity contribution is 8.07. The first-order valence-corrected chi connectivity index (χ1v) is 8.37. The largest absolute Gasteiger partial charge is 0.312 e. The second-order valence-corrected chi connectivity index (χ2v) is 6.99. The minimum atomic E-state index is -0.255. The molecule has 1 N–H and O–H groups in total. The summed E-state index contributed by atoms with van der Waals surface area (Å²) >= 11 is 4.03. The third-order valence-electron chi connectivity index (χ3n) is 3.22. The van der Waals surface area contributed by atoms with E-state index in [0.717, 1.165) is 12.0 Å². The molecule has 1 aromatic heterocycles. The van der Waals surface area contributed by atoms with Gasteiger partial charge < -0.3 is 5.32 Å². The molecule has 0 saturated carbocycles. The number of thioether (sulfide) groups is 2. The van der Waals surface area contributed by atoms with Crippen LogP contribution in [-0.4, -0.2) is 34.0 Å². The molecule has 2 nitrogen and oxygen atoms in total. The Balaban J connectivity index is 2.21. The molecule has 2 rings (SSSR count). The van der Waals surface area contributed by atoms with Crippen LogP contribution < -0.4 is 5.32 Å². The van der Waals surface area contributed by atoms with Crippen molar-refractivity contribution in [1.29, 1.82) is 0 Å². The predicted molar refractivity (Wildman–Crippen MR) is 78.8 cm³/mol. The lowest BCUT2D eigenvalue weighted by Gasteiger charge is -2.35. The molecule has 0 aliphatic carbocycles. The van der Waals surface area contributed by atoms with Crippen LogP contribution >= 0.6 is 23.5 Å². The SMILES string of the molecule is CCC1SCCSC1C(NC)c1cncc(F)c1. The van der Waals surface area contributed by atoms with Gasteiger partial charge in [-0.15, -0.1) is 0 Å². The first-order valence-electron chi connectivity index (χ1n) is 6.27. The highest BCUT2D eigenvalue weighted by Gasteiger charge is 2.32. The zero-order valence-corrected chi connectivity index (χ0v) is 12.4. The van der Waals surface area contributed by atoms with Gasteiger partial charge in [0.2, 0.25) is 0 Å². The number of hydrogen-bond acceptors (Lipinski definition) is 4. The topological polar surface area (TPSA) is 24.9 Å². The maximum Gasteiger partial charge on any atom is 0.141 e. The fourth-order valence-electron chi connectivity index (χ4n) is 2.37. The molecule has 1 aromatic rings. The number of halogens is 1. The van der Waals surface area contributed by atoms with Crippen molar-refractivity contribution in [3.63, 3.8) is 0 Å². The van der Waals surface area contributed by atoms with Gasteiger partial charge in [-0.1, -0.05) is 6.92 Å². The molecule has 0 aromatic carbocycles. The van der Waals surface area contributed by atoms with E-state index in [2.05, 4.69) is 17.2 Å². The standard InChI is InChI=1S/C13H19FN2S2/c1-3-11-13(18-5-4-17-11)12(15-2)9-6-10(14)8-16-7-9/h6-8,11-13,15H,3-5H2,1-2H3. The molecule has 1 saturated heterocycles. The highest BCUT2D eigenvalue weighted by atomic mass is 32.2. The summed E-state index contributed by atoms with van der Waals surface area (Å²) in [5, 5.41) is 4.46. The first-order chi connectivity index (χ1) is 8.76. The normalized spacial score (nSPS) is 25.9. The first kappa shape index (κ1) is 14.2. The minimum absolute atomic E-state index is 0.177. The molecule has 2 heterocycles. The van der Waals surface area contributed by atoms with Crippen molar-refractivity contribution < 1.29 is 4.39 Å². The van der Waals surface area contributed by atoms with Crippen molar-refractivity contribution in [2.45, 2.75) is 29.9 Å². The molecule has 18 heavy (non-hydrogen) atoms. The highest BCUT2D eigenvalue weighted by Crippen LogP contribution is 2.40. The Labute approximate surface area is 117 Å². The summed E-state index contributed by atoms with van der Waals surface area (Å²) in [6, 6.07) is 1.77. The predicted octanol–water partition coefficient (Wildman–Crippen LogP) is 3.11. The summed E-state index contributed by atoms with van der Waals surface area (Å²) in [5.74, 6) is 2.14. The van der Waals surface area contributed by atoms with E-state index >= 15 is 0 Å². The summed E-state index contributed by atoms with van der Waals surface area (Å²) < 4.78 is 13.3. The third-order valence-corrected chi connectivity index (χ3v) is 6.57. The van der Waals surface area contributed by atoms with Crippen LogP contribution in [0.4, 0.5) is 4.39 Å². The molecular weight excluding hydrogens is 267 g/mol.